The number of hydrogen-bond acceptors (Lipinski definition) is 10. The Morgan fingerprint density at radius 1 is 1.14 bits per heavy atom. The molecule has 0 aliphatic rings. The maximum absolute atomic E-state index is 13.9. The van der Waals surface area contributed by atoms with E-state index in [1.54, 1.807) is 0 Å². The van der Waals surface area contributed by atoms with Crippen LogP contribution in [0.25, 0.3) is 5.65 Å². The second-order valence-electron chi connectivity index (χ2n) is 6.89. The number of fused-ring (bicyclic) bond motifs is 1. The summed E-state index contributed by atoms with van der Waals surface area (Å²) in [7, 11) is -2.15. The lowest BCUT2D eigenvalue weighted by atomic mass is 10.2. The number of benzene rings is 1. The van der Waals surface area contributed by atoms with Crippen LogP contribution in [0.15, 0.2) is 29.3 Å². The molecule has 202 valence electrons. The molecule has 0 aliphatic heterocycles. The second-order valence-corrected chi connectivity index (χ2v) is 8.61. The van der Waals surface area contributed by atoms with Gasteiger partial charge in [-0.05, 0) is 12.1 Å². The fourth-order valence-electron chi connectivity index (χ4n) is 3.09. The maximum Gasteiger partial charge on any atom is 0.417 e. The third kappa shape index (κ3) is 5.48. The van der Waals surface area contributed by atoms with Gasteiger partial charge >= 0.3 is 12.2 Å². The van der Waals surface area contributed by atoms with Gasteiger partial charge in [0.2, 0.25) is 5.65 Å². The van der Waals surface area contributed by atoms with Crippen molar-refractivity contribution in [2.45, 2.75) is 17.5 Å². The van der Waals surface area contributed by atoms with Gasteiger partial charge in [0.15, 0.2) is 5.75 Å². The van der Waals surface area contributed by atoms with Crippen LogP contribution < -0.4 is 18.5 Å². The number of rotatable bonds is 10. The van der Waals surface area contributed by atoms with Crippen LogP contribution in [0.1, 0.15) is 5.56 Å². The Labute approximate surface area is 205 Å². The number of ether oxygens (including phenoxy) is 4. The van der Waals surface area contributed by atoms with Crippen LogP contribution in [0.2, 0.25) is 0 Å². The van der Waals surface area contributed by atoms with E-state index in [4.69, 9.17) is 9.47 Å². The number of halogens is 5. The molecule has 0 saturated carbocycles. The van der Waals surface area contributed by atoms with E-state index in [0.29, 0.717) is 6.07 Å². The number of hydrogen-bond donors (Lipinski definition) is 0. The summed E-state index contributed by atoms with van der Waals surface area (Å²) >= 11 is 0. The zero-order valence-corrected chi connectivity index (χ0v) is 20.0. The van der Waals surface area contributed by atoms with Gasteiger partial charge in [-0.15, -0.1) is 5.10 Å². The molecule has 1 amide bonds. The zero-order chi connectivity index (χ0) is 27.5. The van der Waals surface area contributed by atoms with Crippen molar-refractivity contribution in [1.29, 1.82) is 0 Å². The summed E-state index contributed by atoms with van der Waals surface area (Å²) in [6.45, 7) is -2.37. The van der Waals surface area contributed by atoms with Gasteiger partial charge in [0, 0.05) is 7.11 Å². The van der Waals surface area contributed by atoms with Crippen molar-refractivity contribution in [2.24, 2.45) is 0 Å². The van der Waals surface area contributed by atoms with E-state index in [9.17, 15) is 35.2 Å². The molecule has 0 spiro atoms. The van der Waals surface area contributed by atoms with Crippen molar-refractivity contribution in [3.05, 3.63) is 30.0 Å². The lowest BCUT2D eigenvalue weighted by Gasteiger charge is -2.23. The quantitative estimate of drug-likeness (QED) is 0.343. The van der Waals surface area contributed by atoms with Crippen molar-refractivity contribution in [3.8, 4) is 17.5 Å². The van der Waals surface area contributed by atoms with E-state index in [0.717, 1.165) is 30.0 Å². The van der Waals surface area contributed by atoms with Crippen molar-refractivity contribution in [3.63, 3.8) is 0 Å². The van der Waals surface area contributed by atoms with Crippen LogP contribution in [0, 0.1) is 0 Å². The predicted molar refractivity (Wildman–Crippen MR) is 113 cm³/mol. The van der Waals surface area contributed by atoms with Crippen LogP contribution in [0.3, 0.4) is 0 Å². The summed E-state index contributed by atoms with van der Waals surface area (Å²) in [4.78, 5) is 19.1. The number of methoxy groups -OCH3 is 3. The first-order valence-electron chi connectivity index (χ1n) is 9.88. The lowest BCUT2D eigenvalue weighted by Crippen LogP contribution is -2.41. The van der Waals surface area contributed by atoms with E-state index in [1.165, 1.54) is 14.2 Å². The molecule has 0 atom stereocenters. The lowest BCUT2D eigenvalue weighted by molar-refractivity contribution is -0.140. The largest absolute Gasteiger partial charge is 0.491 e. The Morgan fingerprint density at radius 2 is 1.84 bits per heavy atom. The normalized spacial score (nSPS) is 12.1. The zero-order valence-electron chi connectivity index (χ0n) is 19.2. The third-order valence-corrected chi connectivity index (χ3v) is 6.30. The van der Waals surface area contributed by atoms with Gasteiger partial charge in [-0.1, -0.05) is 6.07 Å². The van der Waals surface area contributed by atoms with Gasteiger partial charge in [0.1, 0.15) is 23.9 Å². The molecule has 0 fully saturated rings. The molecule has 12 nitrogen and oxygen atoms in total. The second kappa shape index (κ2) is 10.7. The van der Waals surface area contributed by atoms with Crippen molar-refractivity contribution < 1.29 is 54.1 Å². The van der Waals surface area contributed by atoms with Crippen LogP contribution in [0.5, 0.6) is 17.5 Å². The molecule has 0 unspecified atom stereocenters. The summed E-state index contributed by atoms with van der Waals surface area (Å²) in [6, 6.07) is 1.63. The number of amides is 1. The number of aromatic nitrogens is 4. The van der Waals surface area contributed by atoms with Crippen molar-refractivity contribution in [2.75, 3.05) is 38.8 Å². The molecule has 2 heterocycles. The minimum absolute atomic E-state index is 0.0623. The Kier molecular flexibility index (Phi) is 8.01. The summed E-state index contributed by atoms with van der Waals surface area (Å²) in [6.07, 6.45) is -7.31. The van der Waals surface area contributed by atoms with Crippen LogP contribution in [-0.2, 0) is 25.7 Å². The third-order valence-electron chi connectivity index (χ3n) is 4.52. The van der Waals surface area contributed by atoms with Gasteiger partial charge in [-0.2, -0.15) is 32.0 Å². The highest BCUT2D eigenvalue weighted by atomic mass is 32.2. The molecule has 0 radical (unpaired) electrons. The Morgan fingerprint density at radius 3 is 2.41 bits per heavy atom. The van der Waals surface area contributed by atoms with E-state index in [1.807, 2.05) is 0 Å². The average molecular weight is 555 g/mol. The molecule has 0 saturated heterocycles. The minimum atomic E-state index is -5.58. The molecular formula is C19H18F5N5O7S. The average Bonchev–Trinajstić information content (AvgIpc) is 3.25. The van der Waals surface area contributed by atoms with E-state index in [2.05, 4.69) is 24.5 Å². The van der Waals surface area contributed by atoms with Crippen molar-refractivity contribution >= 4 is 27.5 Å². The van der Waals surface area contributed by atoms with E-state index < -0.39 is 63.9 Å². The Hall–Kier alpha value is -3.80. The Balaban J connectivity index is 2.34. The van der Waals surface area contributed by atoms with Crippen LogP contribution in [-0.4, -0.2) is 74.9 Å². The van der Waals surface area contributed by atoms with Gasteiger partial charge < -0.3 is 18.9 Å². The number of alkyl halides is 5. The molecule has 3 aromatic rings. The number of carbonyl (C=O) groups is 1. The van der Waals surface area contributed by atoms with Gasteiger partial charge in [-0.3, -0.25) is 4.79 Å². The number of carbonyl (C=O) groups excluding carboxylic acids is 1. The smallest absolute Gasteiger partial charge is 0.417 e. The molecular weight excluding hydrogens is 537 g/mol. The topological polar surface area (TPSA) is 134 Å². The molecule has 1 aromatic carbocycles. The number of anilines is 1. The van der Waals surface area contributed by atoms with E-state index >= 15 is 0 Å². The van der Waals surface area contributed by atoms with Gasteiger partial charge in [0.05, 0.1) is 26.0 Å². The van der Waals surface area contributed by atoms with Gasteiger partial charge in [0.25, 0.3) is 28.3 Å². The molecule has 18 heteroatoms. The van der Waals surface area contributed by atoms with Crippen LogP contribution in [0.4, 0.5) is 27.9 Å². The molecule has 0 N–H and O–H groups in total. The SMILES string of the molecule is COCC(=O)N(c1nc2c(OC)cnc(OC)n2n1)S(=O)(=O)c1c(OCC(F)F)cccc1C(F)(F)F. The first kappa shape index (κ1) is 27.8. The fourth-order valence-corrected chi connectivity index (χ4v) is 4.73. The first-order valence-corrected chi connectivity index (χ1v) is 11.3. The van der Waals surface area contributed by atoms with Gasteiger partial charge in [-0.25, -0.2) is 17.2 Å². The fraction of sp³-hybridized carbons (Fsp3) is 0.368. The number of nitrogens with zero attached hydrogens (tertiary/aromatic N) is 5. The molecule has 37 heavy (non-hydrogen) atoms. The molecule has 0 aliphatic carbocycles. The summed E-state index contributed by atoms with van der Waals surface area (Å²) < 4.78 is 115. The molecule has 3 rings (SSSR count). The van der Waals surface area contributed by atoms with Crippen LogP contribution >= 0.6 is 0 Å². The summed E-state index contributed by atoms with van der Waals surface area (Å²) in [5.41, 5.74) is -2.00. The summed E-state index contributed by atoms with van der Waals surface area (Å²) in [5, 5.41) is 3.85. The standard InChI is InChI=1S/C19H18F5N5O7S/c1-33-9-14(30)29(17-26-16-12(34-2)7-25-18(35-3)28(16)27-17)37(31,32)15-10(19(22,23)24)5-4-6-11(15)36-8-13(20)21/h4-7,13H,8-9H2,1-3H3. The highest BCUT2D eigenvalue weighted by Gasteiger charge is 2.44. The van der Waals surface area contributed by atoms with E-state index in [-0.39, 0.29) is 21.7 Å². The highest BCUT2D eigenvalue weighted by Crippen LogP contribution is 2.41. The minimum Gasteiger partial charge on any atom is -0.491 e. The molecule has 0 bridgehead atoms. The summed E-state index contributed by atoms with van der Waals surface area (Å²) in [5.74, 6) is -3.50. The monoisotopic (exact) mass is 555 g/mol. The van der Waals surface area contributed by atoms with Crippen molar-refractivity contribution in [1.82, 2.24) is 19.6 Å². The predicted octanol–water partition coefficient (Wildman–Crippen LogP) is 2.17. The Bertz CT molecular complexity index is 1360. The maximum atomic E-state index is 13.9. The highest BCUT2D eigenvalue weighted by molar-refractivity contribution is 7.93. The first-order chi connectivity index (χ1) is 17.4. The number of sulfonamides is 1. The molecule has 2 aromatic heterocycles.